The molecule has 10 heteroatoms. The van der Waals surface area contributed by atoms with E-state index in [0.29, 0.717) is 12.1 Å². The van der Waals surface area contributed by atoms with Crippen LogP contribution < -0.4 is 10.5 Å². The fourth-order valence-corrected chi connectivity index (χ4v) is 5.58. The third-order valence-electron chi connectivity index (χ3n) is 3.46. The summed E-state index contributed by atoms with van der Waals surface area (Å²) in [7, 11) is -5.19. The molecule has 8 nitrogen and oxygen atoms in total. The number of anilines is 1. The topological polar surface area (TPSA) is 124 Å². The maximum absolute atomic E-state index is 12.2. The van der Waals surface area contributed by atoms with Gasteiger partial charge in [-0.05, 0) is 19.3 Å². The predicted octanol–water partition coefficient (Wildman–Crippen LogP) is -0.976. The van der Waals surface area contributed by atoms with Crippen LogP contribution in [0.1, 0.15) is 12.1 Å². The zero-order valence-corrected chi connectivity index (χ0v) is 13.0. The molecule has 1 aliphatic heterocycles. The van der Waals surface area contributed by atoms with Crippen LogP contribution in [0.5, 0.6) is 0 Å². The largest absolute Gasteiger partial charge is 0.381 e. The molecule has 0 bridgehead atoms. The van der Waals surface area contributed by atoms with Gasteiger partial charge in [0.1, 0.15) is 4.90 Å². The van der Waals surface area contributed by atoms with Crippen molar-refractivity contribution >= 4 is 25.7 Å². The quantitative estimate of drug-likeness (QED) is 0.734. The molecule has 0 aromatic carbocycles. The molecule has 2 heterocycles. The predicted molar refractivity (Wildman–Crippen MR) is 74.3 cm³/mol. The molecule has 1 unspecified atom stereocenters. The first-order chi connectivity index (χ1) is 9.12. The zero-order valence-electron chi connectivity index (χ0n) is 11.3. The van der Waals surface area contributed by atoms with Crippen molar-refractivity contribution in [1.82, 2.24) is 14.5 Å². The fraction of sp³-hybridized carbons (Fsp3) is 0.700. The molecule has 1 saturated heterocycles. The Morgan fingerprint density at radius 2 is 2.15 bits per heavy atom. The van der Waals surface area contributed by atoms with Gasteiger partial charge >= 0.3 is 0 Å². The maximum atomic E-state index is 12.2. The number of hydrogen-bond acceptors (Lipinski definition) is 6. The van der Waals surface area contributed by atoms with Gasteiger partial charge < -0.3 is 5.73 Å². The first-order valence-corrected chi connectivity index (χ1v) is 9.42. The first-order valence-electron chi connectivity index (χ1n) is 6.11. The summed E-state index contributed by atoms with van der Waals surface area (Å²) in [6, 6.07) is 0. The van der Waals surface area contributed by atoms with Gasteiger partial charge in [-0.3, -0.25) is 4.68 Å². The summed E-state index contributed by atoms with van der Waals surface area (Å²) in [5, 5.41) is 3.86. The molecule has 114 valence electrons. The van der Waals surface area contributed by atoms with Crippen molar-refractivity contribution < 1.29 is 16.8 Å². The van der Waals surface area contributed by atoms with Crippen molar-refractivity contribution in [3.8, 4) is 0 Å². The number of aromatic nitrogens is 2. The van der Waals surface area contributed by atoms with Crippen molar-refractivity contribution in [1.29, 1.82) is 0 Å². The van der Waals surface area contributed by atoms with Crippen molar-refractivity contribution in [3.05, 3.63) is 5.69 Å². The van der Waals surface area contributed by atoms with Crippen LogP contribution in [-0.4, -0.2) is 44.7 Å². The lowest BCUT2D eigenvalue weighted by Crippen LogP contribution is -2.30. The molecular formula is C10H18N4O4S2. The van der Waals surface area contributed by atoms with E-state index >= 15 is 0 Å². The van der Waals surface area contributed by atoms with Gasteiger partial charge in [0.25, 0.3) is 0 Å². The minimum Gasteiger partial charge on any atom is -0.381 e. The summed E-state index contributed by atoms with van der Waals surface area (Å²) in [5.41, 5.74) is 6.05. The van der Waals surface area contributed by atoms with Crippen LogP contribution in [0.15, 0.2) is 4.90 Å². The molecule has 2 rings (SSSR count). The number of aryl methyl sites for hydroxylation is 1. The number of nitrogens with zero attached hydrogens (tertiary/aromatic N) is 2. The molecule has 0 saturated carbocycles. The Labute approximate surface area is 118 Å². The number of nitrogens with two attached hydrogens (primary N) is 1. The molecule has 1 fully saturated rings. The number of hydrogen-bond donors (Lipinski definition) is 2. The molecule has 1 aliphatic rings. The minimum absolute atomic E-state index is 0.0248. The molecular weight excluding hydrogens is 304 g/mol. The number of nitrogens with one attached hydrogen (secondary N) is 1. The monoisotopic (exact) mass is 322 g/mol. The Morgan fingerprint density at radius 3 is 2.60 bits per heavy atom. The molecule has 20 heavy (non-hydrogen) atoms. The van der Waals surface area contributed by atoms with Gasteiger partial charge in [0.15, 0.2) is 15.7 Å². The van der Waals surface area contributed by atoms with Crippen LogP contribution in [0.2, 0.25) is 0 Å². The normalized spacial score (nSPS) is 22.2. The molecule has 0 aliphatic carbocycles. The Hall–Kier alpha value is -1.13. The zero-order chi connectivity index (χ0) is 15.1. The van der Waals surface area contributed by atoms with Gasteiger partial charge in [-0.15, -0.1) is 0 Å². The molecule has 0 amide bonds. The maximum Gasteiger partial charge on any atom is 0.246 e. The Balaban J connectivity index is 2.13. The third-order valence-corrected chi connectivity index (χ3v) is 6.89. The van der Waals surface area contributed by atoms with Gasteiger partial charge in [0.05, 0.1) is 17.2 Å². The summed E-state index contributed by atoms with van der Waals surface area (Å²) in [4.78, 5) is -0.0409. The van der Waals surface area contributed by atoms with Crippen molar-refractivity contribution in [3.63, 3.8) is 0 Å². The van der Waals surface area contributed by atoms with Gasteiger partial charge in [0.2, 0.25) is 10.0 Å². The van der Waals surface area contributed by atoms with E-state index in [-0.39, 0.29) is 34.7 Å². The highest BCUT2D eigenvalue weighted by Crippen LogP contribution is 2.22. The van der Waals surface area contributed by atoms with Crippen LogP contribution in [-0.2, 0) is 26.9 Å². The van der Waals surface area contributed by atoms with Crippen LogP contribution in [0.4, 0.5) is 5.82 Å². The van der Waals surface area contributed by atoms with Crippen LogP contribution in [0, 0.1) is 12.8 Å². The molecule has 3 N–H and O–H groups in total. The lowest BCUT2D eigenvalue weighted by Gasteiger charge is -2.10. The number of nitrogen functional groups attached to an aromatic ring is 1. The minimum atomic E-state index is -3.78. The van der Waals surface area contributed by atoms with Crippen molar-refractivity contribution in [2.24, 2.45) is 13.0 Å². The lowest BCUT2D eigenvalue weighted by atomic mass is 10.1. The third kappa shape index (κ3) is 2.96. The summed E-state index contributed by atoms with van der Waals surface area (Å²) >= 11 is 0. The second kappa shape index (κ2) is 5.01. The van der Waals surface area contributed by atoms with E-state index in [0.717, 1.165) is 0 Å². The summed E-state index contributed by atoms with van der Waals surface area (Å²) in [6.45, 7) is 1.70. The Kier molecular flexibility index (Phi) is 3.82. The standard InChI is InChI=1S/C10H18N4O4S2/c1-7-9(10(11)13-14(7)2)20(17,18)12-5-8-3-4-19(15,16)6-8/h8,12H,3-6H2,1-2H3,(H2,11,13). The Bertz CT molecular complexity index is 721. The smallest absolute Gasteiger partial charge is 0.246 e. The molecule has 0 spiro atoms. The van der Waals surface area contributed by atoms with E-state index in [1.807, 2.05) is 0 Å². The second-order valence-electron chi connectivity index (χ2n) is 5.04. The van der Waals surface area contributed by atoms with Crippen molar-refractivity contribution in [2.75, 3.05) is 23.8 Å². The van der Waals surface area contributed by atoms with Gasteiger partial charge in [0, 0.05) is 13.6 Å². The van der Waals surface area contributed by atoms with E-state index < -0.39 is 19.9 Å². The fourth-order valence-electron chi connectivity index (χ4n) is 2.28. The highest BCUT2D eigenvalue weighted by atomic mass is 32.2. The SMILES string of the molecule is Cc1c(S(=O)(=O)NCC2CCS(=O)(=O)C2)c(N)nn1C. The molecule has 1 aromatic heterocycles. The number of sulfonamides is 1. The molecule has 1 atom stereocenters. The lowest BCUT2D eigenvalue weighted by molar-refractivity contribution is 0.543. The number of rotatable bonds is 4. The molecule has 0 radical (unpaired) electrons. The Morgan fingerprint density at radius 1 is 1.50 bits per heavy atom. The summed E-state index contributed by atoms with van der Waals surface area (Å²) in [6.07, 6.45) is 0.479. The van der Waals surface area contributed by atoms with E-state index in [9.17, 15) is 16.8 Å². The van der Waals surface area contributed by atoms with E-state index in [1.54, 1.807) is 14.0 Å². The van der Waals surface area contributed by atoms with E-state index in [2.05, 4.69) is 9.82 Å². The van der Waals surface area contributed by atoms with Crippen LogP contribution >= 0.6 is 0 Å². The average Bonchev–Trinajstić information content (AvgIpc) is 2.77. The van der Waals surface area contributed by atoms with Gasteiger partial charge in [-0.25, -0.2) is 21.6 Å². The van der Waals surface area contributed by atoms with E-state index in [4.69, 9.17) is 5.73 Å². The van der Waals surface area contributed by atoms with Crippen LogP contribution in [0.3, 0.4) is 0 Å². The molecule has 1 aromatic rings. The average molecular weight is 322 g/mol. The highest BCUT2D eigenvalue weighted by molar-refractivity contribution is 7.91. The summed E-state index contributed by atoms with van der Waals surface area (Å²) < 4.78 is 50.9. The van der Waals surface area contributed by atoms with Crippen molar-refractivity contribution in [2.45, 2.75) is 18.2 Å². The second-order valence-corrected chi connectivity index (χ2v) is 8.98. The van der Waals surface area contributed by atoms with E-state index in [1.165, 1.54) is 4.68 Å². The number of sulfone groups is 1. The highest BCUT2D eigenvalue weighted by Gasteiger charge is 2.30. The van der Waals surface area contributed by atoms with Crippen LogP contribution in [0.25, 0.3) is 0 Å². The first kappa shape index (κ1) is 15.3. The van der Waals surface area contributed by atoms with Gasteiger partial charge in [-0.1, -0.05) is 0 Å². The summed E-state index contributed by atoms with van der Waals surface area (Å²) in [5.74, 6) is -0.102. The van der Waals surface area contributed by atoms with Gasteiger partial charge in [-0.2, -0.15) is 5.10 Å².